The summed E-state index contributed by atoms with van der Waals surface area (Å²) in [6.07, 6.45) is -4.90. The summed E-state index contributed by atoms with van der Waals surface area (Å²) in [6, 6.07) is 8.40. The average molecular weight is 230 g/mol. The number of carbonyl (C=O) groups is 1. The predicted octanol–water partition coefficient (Wildman–Crippen LogP) is 3.39. The van der Waals surface area contributed by atoms with E-state index in [1.54, 1.807) is 30.3 Å². The number of Topliss-reactive ketones (excluding diaryl/α,β-unsaturated/α-hetero) is 1. The van der Waals surface area contributed by atoms with Crippen LogP contribution >= 0.6 is 0 Å². The Bertz CT molecular complexity index is 343. The maximum atomic E-state index is 12.6. The highest BCUT2D eigenvalue weighted by molar-refractivity contribution is 5.75. The van der Waals surface area contributed by atoms with E-state index in [4.69, 9.17) is 0 Å². The second-order valence-corrected chi connectivity index (χ2v) is 3.83. The molecular weight excluding hydrogens is 217 g/mol. The van der Waals surface area contributed by atoms with Crippen LogP contribution in [0, 0.1) is 5.92 Å². The number of halogens is 3. The third-order valence-electron chi connectivity index (χ3n) is 2.32. The van der Waals surface area contributed by atoms with Crippen LogP contribution in [0.15, 0.2) is 30.3 Å². The van der Waals surface area contributed by atoms with Crippen molar-refractivity contribution in [1.29, 1.82) is 0 Å². The normalized spacial score (nSPS) is 13.5. The molecular formula is C12H13F3O. The van der Waals surface area contributed by atoms with E-state index in [2.05, 4.69) is 0 Å². The zero-order valence-corrected chi connectivity index (χ0v) is 8.92. The lowest BCUT2D eigenvalue weighted by Crippen LogP contribution is -2.27. The van der Waals surface area contributed by atoms with Gasteiger partial charge in [-0.25, -0.2) is 0 Å². The molecule has 0 saturated heterocycles. The van der Waals surface area contributed by atoms with E-state index in [0.717, 1.165) is 0 Å². The van der Waals surface area contributed by atoms with Gasteiger partial charge in [0.15, 0.2) is 0 Å². The lowest BCUT2D eigenvalue weighted by molar-refractivity contribution is -0.177. The first kappa shape index (κ1) is 12.7. The zero-order valence-electron chi connectivity index (χ0n) is 8.92. The fraction of sp³-hybridized carbons (Fsp3) is 0.417. The molecule has 0 aliphatic carbocycles. The van der Waals surface area contributed by atoms with Crippen molar-refractivity contribution in [3.8, 4) is 0 Å². The minimum atomic E-state index is -4.32. The molecule has 0 aliphatic heterocycles. The van der Waals surface area contributed by atoms with E-state index in [1.165, 1.54) is 6.92 Å². The van der Waals surface area contributed by atoms with Crippen molar-refractivity contribution in [1.82, 2.24) is 0 Å². The Kier molecular flexibility index (Phi) is 4.10. The number of ketones is 1. The highest BCUT2D eigenvalue weighted by Gasteiger charge is 2.39. The lowest BCUT2D eigenvalue weighted by atomic mass is 9.94. The van der Waals surface area contributed by atoms with Crippen LogP contribution in [-0.4, -0.2) is 12.0 Å². The molecule has 0 saturated carbocycles. The summed E-state index contributed by atoms with van der Waals surface area (Å²) in [4.78, 5) is 10.8. The van der Waals surface area contributed by atoms with Crippen LogP contribution in [0.4, 0.5) is 13.2 Å². The Balaban J connectivity index is 2.75. The molecule has 0 bridgehead atoms. The summed E-state index contributed by atoms with van der Waals surface area (Å²) in [7, 11) is 0. The van der Waals surface area contributed by atoms with Crippen LogP contribution < -0.4 is 0 Å². The Morgan fingerprint density at radius 3 is 2.25 bits per heavy atom. The van der Waals surface area contributed by atoms with Gasteiger partial charge in [-0.1, -0.05) is 30.3 Å². The third-order valence-corrected chi connectivity index (χ3v) is 2.32. The fourth-order valence-corrected chi connectivity index (χ4v) is 1.55. The van der Waals surface area contributed by atoms with E-state index in [0.29, 0.717) is 5.56 Å². The van der Waals surface area contributed by atoms with Gasteiger partial charge < -0.3 is 4.79 Å². The molecule has 0 heterocycles. The van der Waals surface area contributed by atoms with Crippen LogP contribution in [0.1, 0.15) is 18.9 Å². The molecule has 1 atom stereocenters. The van der Waals surface area contributed by atoms with E-state index < -0.39 is 24.3 Å². The molecule has 0 spiro atoms. The first-order valence-electron chi connectivity index (χ1n) is 4.99. The van der Waals surface area contributed by atoms with E-state index in [9.17, 15) is 18.0 Å². The van der Waals surface area contributed by atoms with Gasteiger partial charge in [-0.05, 0) is 18.9 Å². The van der Waals surface area contributed by atoms with Crippen molar-refractivity contribution in [2.24, 2.45) is 5.92 Å². The monoisotopic (exact) mass is 230 g/mol. The van der Waals surface area contributed by atoms with Crippen molar-refractivity contribution in [3.63, 3.8) is 0 Å². The van der Waals surface area contributed by atoms with Gasteiger partial charge in [0, 0.05) is 6.42 Å². The van der Waals surface area contributed by atoms with Gasteiger partial charge in [-0.2, -0.15) is 13.2 Å². The van der Waals surface area contributed by atoms with Crippen LogP contribution in [0.25, 0.3) is 0 Å². The number of alkyl halides is 3. The summed E-state index contributed by atoms with van der Waals surface area (Å²) >= 11 is 0. The standard InChI is InChI=1S/C12H13F3O/c1-9(16)7-11(12(13,14)15)8-10-5-3-2-4-6-10/h2-6,11H,7-8H2,1H3/t11-/m0/s1. The van der Waals surface area contributed by atoms with Crippen LogP contribution in [0.5, 0.6) is 0 Å². The first-order valence-corrected chi connectivity index (χ1v) is 4.99. The smallest absolute Gasteiger partial charge is 0.300 e. The quantitative estimate of drug-likeness (QED) is 0.774. The third kappa shape index (κ3) is 4.04. The van der Waals surface area contributed by atoms with Gasteiger partial charge in [0.2, 0.25) is 0 Å². The molecule has 4 heteroatoms. The second kappa shape index (κ2) is 5.14. The Morgan fingerprint density at radius 2 is 1.81 bits per heavy atom. The Hall–Kier alpha value is -1.32. The molecule has 88 valence electrons. The summed E-state index contributed by atoms with van der Waals surface area (Å²) in [5.41, 5.74) is 0.603. The highest BCUT2D eigenvalue weighted by Crippen LogP contribution is 2.31. The lowest BCUT2D eigenvalue weighted by Gasteiger charge is -2.19. The molecule has 16 heavy (non-hydrogen) atoms. The Morgan fingerprint density at radius 1 is 1.25 bits per heavy atom. The summed E-state index contributed by atoms with van der Waals surface area (Å²) < 4.78 is 37.8. The molecule has 0 aromatic heterocycles. The van der Waals surface area contributed by atoms with Crippen LogP contribution in [0.2, 0.25) is 0 Å². The Labute approximate surface area is 92.3 Å². The average Bonchev–Trinajstić information content (AvgIpc) is 2.16. The molecule has 1 rings (SSSR count). The fourth-order valence-electron chi connectivity index (χ4n) is 1.55. The van der Waals surface area contributed by atoms with Gasteiger partial charge in [-0.15, -0.1) is 0 Å². The summed E-state index contributed by atoms with van der Waals surface area (Å²) in [5, 5.41) is 0. The van der Waals surface area contributed by atoms with Gasteiger partial charge in [0.25, 0.3) is 0 Å². The number of carbonyl (C=O) groups excluding carboxylic acids is 1. The van der Waals surface area contributed by atoms with Crippen molar-refractivity contribution in [2.45, 2.75) is 25.9 Å². The number of hydrogen-bond acceptors (Lipinski definition) is 1. The minimum Gasteiger partial charge on any atom is -0.300 e. The molecule has 1 aromatic rings. The molecule has 0 amide bonds. The SMILES string of the molecule is CC(=O)C[C@@H](Cc1ccccc1)C(F)(F)F. The molecule has 0 radical (unpaired) electrons. The summed E-state index contributed by atoms with van der Waals surface area (Å²) in [5.74, 6) is -2.01. The molecule has 1 nitrogen and oxygen atoms in total. The largest absolute Gasteiger partial charge is 0.392 e. The van der Waals surface area contributed by atoms with Gasteiger partial charge >= 0.3 is 6.18 Å². The van der Waals surface area contributed by atoms with Crippen LogP contribution in [0.3, 0.4) is 0 Å². The highest BCUT2D eigenvalue weighted by atomic mass is 19.4. The van der Waals surface area contributed by atoms with E-state index in [1.807, 2.05) is 0 Å². The topological polar surface area (TPSA) is 17.1 Å². The molecule has 0 aliphatic rings. The molecule has 1 aromatic carbocycles. The number of rotatable bonds is 4. The van der Waals surface area contributed by atoms with E-state index >= 15 is 0 Å². The first-order chi connectivity index (χ1) is 7.39. The second-order valence-electron chi connectivity index (χ2n) is 3.83. The number of benzene rings is 1. The van der Waals surface area contributed by atoms with Gasteiger partial charge in [0.05, 0.1) is 5.92 Å². The zero-order chi connectivity index (χ0) is 12.2. The molecule has 0 fully saturated rings. The van der Waals surface area contributed by atoms with Crippen molar-refractivity contribution in [3.05, 3.63) is 35.9 Å². The maximum absolute atomic E-state index is 12.6. The number of hydrogen-bond donors (Lipinski definition) is 0. The van der Waals surface area contributed by atoms with Gasteiger partial charge in [-0.3, -0.25) is 0 Å². The maximum Gasteiger partial charge on any atom is 0.392 e. The minimum absolute atomic E-state index is 0.135. The molecule has 0 unspecified atom stereocenters. The predicted molar refractivity (Wildman–Crippen MR) is 55.0 cm³/mol. The summed E-state index contributed by atoms with van der Waals surface area (Å²) in [6.45, 7) is 1.18. The van der Waals surface area contributed by atoms with Crippen molar-refractivity contribution < 1.29 is 18.0 Å². The van der Waals surface area contributed by atoms with Crippen LogP contribution in [-0.2, 0) is 11.2 Å². The van der Waals surface area contributed by atoms with Crippen molar-refractivity contribution in [2.75, 3.05) is 0 Å². The molecule has 0 N–H and O–H groups in total. The van der Waals surface area contributed by atoms with E-state index in [-0.39, 0.29) is 6.42 Å². The van der Waals surface area contributed by atoms with Crippen molar-refractivity contribution >= 4 is 5.78 Å². The van der Waals surface area contributed by atoms with Gasteiger partial charge in [0.1, 0.15) is 5.78 Å².